The number of aromatic nitrogens is 1. The molecule has 3 aromatic rings. The highest BCUT2D eigenvalue weighted by Gasteiger charge is 2.18. The van der Waals surface area contributed by atoms with Crippen LogP contribution in [0.5, 0.6) is 0 Å². The largest absolute Gasteiger partial charge is 0.369 e. The van der Waals surface area contributed by atoms with Crippen LogP contribution in [0.2, 0.25) is 0 Å². The SMILES string of the molecule is Cc1cccc(N2CCN(CCNC(=O)CCC(=O)Nc3ccc4nc(N5CCCCC5)cc(C)c4c3)CC2)c1. The van der Waals surface area contributed by atoms with Crippen molar-refractivity contribution in [3.05, 3.63) is 59.7 Å². The fourth-order valence-electron chi connectivity index (χ4n) is 5.69. The van der Waals surface area contributed by atoms with Gasteiger partial charge in [-0.1, -0.05) is 12.1 Å². The average Bonchev–Trinajstić information content (AvgIpc) is 2.97. The van der Waals surface area contributed by atoms with Crippen LogP contribution < -0.4 is 20.4 Å². The Balaban J connectivity index is 1.02. The number of benzene rings is 2. The van der Waals surface area contributed by atoms with Crippen molar-refractivity contribution in [2.24, 2.45) is 0 Å². The number of fused-ring (bicyclic) bond motifs is 1. The second kappa shape index (κ2) is 13.1. The number of nitrogens with one attached hydrogen (secondary N) is 2. The summed E-state index contributed by atoms with van der Waals surface area (Å²) in [7, 11) is 0. The second-order valence-electron chi connectivity index (χ2n) is 11.1. The van der Waals surface area contributed by atoms with E-state index in [2.05, 4.69) is 69.5 Å². The number of amides is 2. The van der Waals surface area contributed by atoms with E-state index in [1.54, 1.807) is 0 Å². The van der Waals surface area contributed by atoms with E-state index in [0.29, 0.717) is 6.54 Å². The molecular weight excluding hydrogens is 500 g/mol. The summed E-state index contributed by atoms with van der Waals surface area (Å²) in [5.41, 5.74) is 5.39. The van der Waals surface area contributed by atoms with E-state index >= 15 is 0 Å². The lowest BCUT2D eigenvalue weighted by Crippen LogP contribution is -2.48. The summed E-state index contributed by atoms with van der Waals surface area (Å²) in [4.78, 5) is 37.0. The molecule has 3 heterocycles. The zero-order valence-electron chi connectivity index (χ0n) is 23.9. The Bertz CT molecular complexity index is 1330. The normalized spacial score (nSPS) is 16.2. The number of carbonyl (C=O) groups is 2. The number of rotatable bonds is 9. The Morgan fingerprint density at radius 2 is 1.60 bits per heavy atom. The molecule has 0 atom stereocenters. The highest BCUT2D eigenvalue weighted by molar-refractivity contribution is 5.96. The lowest BCUT2D eigenvalue weighted by molar-refractivity contribution is -0.124. The van der Waals surface area contributed by atoms with Crippen molar-refractivity contribution in [1.82, 2.24) is 15.2 Å². The molecule has 2 saturated heterocycles. The molecule has 0 radical (unpaired) electrons. The van der Waals surface area contributed by atoms with Crippen LogP contribution in [0.25, 0.3) is 10.9 Å². The third-order valence-corrected chi connectivity index (χ3v) is 8.03. The van der Waals surface area contributed by atoms with Gasteiger partial charge in [0.05, 0.1) is 5.52 Å². The van der Waals surface area contributed by atoms with Crippen molar-refractivity contribution in [2.75, 3.05) is 67.5 Å². The Labute approximate surface area is 237 Å². The Morgan fingerprint density at radius 1 is 0.825 bits per heavy atom. The van der Waals surface area contributed by atoms with Crippen LogP contribution in [-0.2, 0) is 9.59 Å². The number of piperidine rings is 1. The number of hydrogen-bond acceptors (Lipinski definition) is 6. The minimum Gasteiger partial charge on any atom is -0.369 e. The predicted molar refractivity (Wildman–Crippen MR) is 163 cm³/mol. The van der Waals surface area contributed by atoms with E-state index < -0.39 is 0 Å². The molecule has 0 aliphatic carbocycles. The molecule has 2 N–H and O–H groups in total. The van der Waals surface area contributed by atoms with Crippen molar-refractivity contribution in [3.8, 4) is 0 Å². The van der Waals surface area contributed by atoms with E-state index in [4.69, 9.17) is 4.98 Å². The average molecular weight is 543 g/mol. The third-order valence-electron chi connectivity index (χ3n) is 8.03. The molecule has 2 aliphatic rings. The monoisotopic (exact) mass is 542 g/mol. The number of aryl methyl sites for hydroxylation is 2. The minimum atomic E-state index is -0.155. The number of anilines is 3. The van der Waals surface area contributed by atoms with Crippen LogP contribution in [0, 0.1) is 13.8 Å². The smallest absolute Gasteiger partial charge is 0.224 e. The summed E-state index contributed by atoms with van der Waals surface area (Å²) in [6, 6.07) is 16.6. The highest BCUT2D eigenvalue weighted by Crippen LogP contribution is 2.27. The molecular formula is C32H42N6O2. The summed E-state index contributed by atoms with van der Waals surface area (Å²) in [6.07, 6.45) is 4.06. The van der Waals surface area contributed by atoms with Crippen LogP contribution in [-0.4, -0.2) is 74.1 Å². The zero-order valence-corrected chi connectivity index (χ0v) is 23.9. The van der Waals surface area contributed by atoms with Crippen molar-refractivity contribution >= 4 is 39.9 Å². The van der Waals surface area contributed by atoms with Crippen molar-refractivity contribution < 1.29 is 9.59 Å². The maximum absolute atomic E-state index is 12.6. The van der Waals surface area contributed by atoms with Crippen LogP contribution in [0.15, 0.2) is 48.5 Å². The van der Waals surface area contributed by atoms with Gasteiger partial charge in [-0.05, 0) is 80.6 Å². The minimum absolute atomic E-state index is 0.0858. The van der Waals surface area contributed by atoms with Gasteiger partial charge in [-0.2, -0.15) is 0 Å². The summed E-state index contributed by atoms with van der Waals surface area (Å²) in [5, 5.41) is 6.97. The third kappa shape index (κ3) is 7.30. The van der Waals surface area contributed by atoms with Gasteiger partial charge in [0.25, 0.3) is 0 Å². The van der Waals surface area contributed by atoms with Crippen LogP contribution >= 0.6 is 0 Å². The maximum atomic E-state index is 12.6. The molecule has 1 aromatic heterocycles. The van der Waals surface area contributed by atoms with Crippen molar-refractivity contribution in [1.29, 1.82) is 0 Å². The maximum Gasteiger partial charge on any atom is 0.224 e. The van der Waals surface area contributed by atoms with Gasteiger partial charge in [0, 0.05) is 82.0 Å². The molecule has 0 unspecified atom stereocenters. The fourth-order valence-corrected chi connectivity index (χ4v) is 5.69. The molecule has 8 heteroatoms. The lowest BCUT2D eigenvalue weighted by Gasteiger charge is -2.36. The van der Waals surface area contributed by atoms with E-state index in [-0.39, 0.29) is 24.7 Å². The molecule has 2 aromatic carbocycles. The number of carbonyl (C=O) groups excluding carboxylic acids is 2. The molecule has 0 bridgehead atoms. The molecule has 0 saturated carbocycles. The second-order valence-corrected chi connectivity index (χ2v) is 11.1. The van der Waals surface area contributed by atoms with Gasteiger partial charge in [0.2, 0.25) is 11.8 Å². The Hall–Kier alpha value is -3.65. The topological polar surface area (TPSA) is 80.8 Å². The quantitative estimate of drug-likeness (QED) is 0.415. The van der Waals surface area contributed by atoms with Crippen LogP contribution in [0.4, 0.5) is 17.2 Å². The summed E-state index contributed by atoms with van der Waals surface area (Å²) in [6.45, 7) is 11.7. The van der Waals surface area contributed by atoms with Gasteiger partial charge in [0.1, 0.15) is 5.82 Å². The molecule has 2 aliphatic heterocycles. The number of pyridine rings is 1. The van der Waals surface area contributed by atoms with E-state index in [9.17, 15) is 9.59 Å². The molecule has 2 fully saturated rings. The number of nitrogens with zero attached hydrogens (tertiary/aromatic N) is 4. The Morgan fingerprint density at radius 3 is 2.38 bits per heavy atom. The molecule has 0 spiro atoms. The molecule has 40 heavy (non-hydrogen) atoms. The summed E-state index contributed by atoms with van der Waals surface area (Å²) < 4.78 is 0. The molecule has 212 valence electrons. The van der Waals surface area contributed by atoms with Gasteiger partial charge in [0.15, 0.2) is 0 Å². The number of hydrogen-bond donors (Lipinski definition) is 2. The summed E-state index contributed by atoms with van der Waals surface area (Å²) >= 11 is 0. The van der Waals surface area contributed by atoms with Gasteiger partial charge in [-0.25, -0.2) is 4.98 Å². The van der Waals surface area contributed by atoms with Gasteiger partial charge in [-0.15, -0.1) is 0 Å². The van der Waals surface area contributed by atoms with Crippen LogP contribution in [0.1, 0.15) is 43.2 Å². The molecule has 2 amide bonds. The van der Waals surface area contributed by atoms with E-state index in [1.165, 1.54) is 30.5 Å². The van der Waals surface area contributed by atoms with Crippen molar-refractivity contribution in [3.63, 3.8) is 0 Å². The van der Waals surface area contributed by atoms with E-state index in [1.807, 2.05) is 18.2 Å². The highest BCUT2D eigenvalue weighted by atomic mass is 16.2. The zero-order chi connectivity index (χ0) is 27.9. The van der Waals surface area contributed by atoms with Crippen LogP contribution in [0.3, 0.4) is 0 Å². The Kier molecular flexibility index (Phi) is 9.16. The van der Waals surface area contributed by atoms with Crippen molar-refractivity contribution in [2.45, 2.75) is 46.0 Å². The predicted octanol–water partition coefficient (Wildman–Crippen LogP) is 4.50. The standard InChI is InChI=1S/C32H42N6O2/c1-24-7-6-8-27(21-24)37-19-17-36(18-20-37)16-13-33-31(39)11-12-32(40)34-26-9-10-29-28(23-26)25(2)22-30(35-29)38-14-4-3-5-15-38/h6-10,21-23H,3-5,11-20H2,1-2H3,(H,33,39)(H,34,40). The van der Waals surface area contributed by atoms with Gasteiger partial charge in [-0.3, -0.25) is 14.5 Å². The summed E-state index contributed by atoms with van der Waals surface area (Å²) in [5.74, 6) is 0.798. The number of piperazine rings is 1. The first-order valence-electron chi connectivity index (χ1n) is 14.7. The first-order valence-corrected chi connectivity index (χ1v) is 14.7. The van der Waals surface area contributed by atoms with Gasteiger partial charge >= 0.3 is 0 Å². The molecule has 8 nitrogen and oxygen atoms in total. The first-order chi connectivity index (χ1) is 19.4. The van der Waals surface area contributed by atoms with Gasteiger partial charge < -0.3 is 20.4 Å². The van der Waals surface area contributed by atoms with E-state index in [0.717, 1.165) is 73.8 Å². The first kappa shape index (κ1) is 27.9. The lowest BCUT2D eigenvalue weighted by atomic mass is 10.1. The fraction of sp³-hybridized carbons (Fsp3) is 0.469. The molecule has 5 rings (SSSR count).